The number of hydrogen-bond acceptors (Lipinski definition) is 5. The number of benzene rings is 2. The van der Waals surface area contributed by atoms with Crippen molar-refractivity contribution in [2.24, 2.45) is 0 Å². The van der Waals surface area contributed by atoms with Crippen LogP contribution in [0.25, 0.3) is 10.2 Å². The predicted octanol–water partition coefficient (Wildman–Crippen LogP) is 3.70. The third-order valence-electron chi connectivity index (χ3n) is 3.72. The molecule has 0 fully saturated rings. The van der Waals surface area contributed by atoms with Crippen molar-refractivity contribution < 1.29 is 4.79 Å². The molecular formula is C18H16N4OS. The number of amides is 1. The molecule has 0 atom stereocenters. The monoisotopic (exact) mass is 336 g/mol. The van der Waals surface area contributed by atoms with Crippen molar-refractivity contribution in [3.8, 4) is 6.19 Å². The molecule has 0 bridgehead atoms. The number of nitriles is 1. The zero-order chi connectivity index (χ0) is 16.9. The molecule has 1 aromatic heterocycles. The molecule has 1 N–H and O–H groups in total. The molecule has 0 saturated carbocycles. The van der Waals surface area contributed by atoms with Crippen LogP contribution in [0.15, 0.2) is 42.5 Å². The molecule has 0 aliphatic carbocycles. The number of aromatic nitrogens is 1. The number of carbonyl (C=O) groups excluding carboxylic acids is 1. The molecule has 0 spiro atoms. The Kier molecular flexibility index (Phi) is 4.73. The largest absolute Gasteiger partial charge is 0.329 e. The van der Waals surface area contributed by atoms with Crippen LogP contribution in [0.2, 0.25) is 0 Å². The first kappa shape index (κ1) is 16.0. The minimum Gasteiger partial charge on any atom is -0.329 e. The Balaban J connectivity index is 0.000000149. The third-order valence-corrected chi connectivity index (χ3v) is 4.67. The van der Waals surface area contributed by atoms with Crippen LogP contribution < -0.4 is 10.2 Å². The summed E-state index contributed by atoms with van der Waals surface area (Å²) >= 11 is 1.74. The Labute approximate surface area is 144 Å². The first-order valence-corrected chi connectivity index (χ1v) is 8.35. The number of nitrogens with one attached hydrogen (secondary N) is 1. The van der Waals surface area contributed by atoms with E-state index in [0.717, 1.165) is 40.4 Å². The zero-order valence-electron chi connectivity index (χ0n) is 13.2. The molecule has 2 heterocycles. The fourth-order valence-electron chi connectivity index (χ4n) is 2.65. The van der Waals surface area contributed by atoms with E-state index in [1.54, 1.807) is 22.3 Å². The Morgan fingerprint density at radius 2 is 2.17 bits per heavy atom. The summed E-state index contributed by atoms with van der Waals surface area (Å²) in [5.74, 6) is 0. The van der Waals surface area contributed by atoms with Crippen LogP contribution in [0.5, 0.6) is 0 Å². The molecule has 2 aromatic carbocycles. The van der Waals surface area contributed by atoms with Crippen LogP contribution in [0.4, 0.5) is 11.4 Å². The number of para-hydroxylation sites is 1. The topological polar surface area (TPSA) is 69.0 Å². The SMILES string of the molecule is Cc1nc2ccccc2s1.N#CN1CCc2cc(NC=O)ccc21. The molecule has 3 aromatic rings. The van der Waals surface area contributed by atoms with Gasteiger partial charge in [-0.05, 0) is 49.2 Å². The van der Waals surface area contributed by atoms with Crippen LogP contribution in [-0.2, 0) is 11.2 Å². The van der Waals surface area contributed by atoms with Crippen LogP contribution in [0, 0.1) is 18.4 Å². The minimum absolute atomic E-state index is 0.652. The smallest absolute Gasteiger partial charge is 0.211 e. The highest BCUT2D eigenvalue weighted by atomic mass is 32.1. The molecule has 1 amide bonds. The van der Waals surface area contributed by atoms with E-state index in [0.29, 0.717) is 6.41 Å². The Bertz CT molecular complexity index is 880. The van der Waals surface area contributed by atoms with E-state index in [-0.39, 0.29) is 0 Å². The number of thiazole rings is 1. The van der Waals surface area contributed by atoms with Gasteiger partial charge in [-0.2, -0.15) is 5.26 Å². The first-order valence-electron chi connectivity index (χ1n) is 7.54. The summed E-state index contributed by atoms with van der Waals surface area (Å²) in [5, 5.41) is 12.5. The summed E-state index contributed by atoms with van der Waals surface area (Å²) in [4.78, 5) is 16.2. The first-order chi connectivity index (χ1) is 11.7. The Morgan fingerprint density at radius 3 is 2.92 bits per heavy atom. The molecule has 24 heavy (non-hydrogen) atoms. The molecule has 0 unspecified atom stereocenters. The van der Waals surface area contributed by atoms with Crippen molar-refractivity contribution in [1.82, 2.24) is 4.98 Å². The number of anilines is 2. The average Bonchev–Trinajstić information content (AvgIpc) is 3.17. The highest BCUT2D eigenvalue weighted by Gasteiger charge is 2.18. The highest BCUT2D eigenvalue weighted by molar-refractivity contribution is 7.18. The van der Waals surface area contributed by atoms with Crippen LogP contribution in [0.3, 0.4) is 0 Å². The molecule has 6 heteroatoms. The third kappa shape index (κ3) is 3.36. The van der Waals surface area contributed by atoms with Crippen molar-refractivity contribution >= 4 is 39.3 Å². The maximum Gasteiger partial charge on any atom is 0.211 e. The van der Waals surface area contributed by atoms with E-state index in [4.69, 9.17) is 5.26 Å². The Hall–Kier alpha value is -2.91. The highest BCUT2D eigenvalue weighted by Crippen LogP contribution is 2.29. The lowest BCUT2D eigenvalue weighted by Crippen LogP contribution is -2.11. The minimum atomic E-state index is 0.652. The fourth-order valence-corrected chi connectivity index (χ4v) is 3.48. The summed E-state index contributed by atoms with van der Waals surface area (Å²) in [5.41, 5.74) is 3.95. The molecule has 1 aliphatic heterocycles. The molecule has 5 nitrogen and oxygen atoms in total. The summed E-state index contributed by atoms with van der Waals surface area (Å²) in [6.45, 7) is 2.76. The van der Waals surface area contributed by atoms with Gasteiger partial charge in [0.15, 0.2) is 6.19 Å². The molecule has 0 radical (unpaired) electrons. The fraction of sp³-hybridized carbons (Fsp3) is 0.167. The van der Waals surface area contributed by atoms with Gasteiger partial charge in [0, 0.05) is 12.2 Å². The van der Waals surface area contributed by atoms with Gasteiger partial charge in [0.25, 0.3) is 0 Å². The second-order valence-corrected chi connectivity index (χ2v) is 6.54. The molecule has 120 valence electrons. The van der Waals surface area contributed by atoms with Crippen molar-refractivity contribution in [3.05, 3.63) is 53.0 Å². The molecular weight excluding hydrogens is 320 g/mol. The van der Waals surface area contributed by atoms with E-state index < -0.39 is 0 Å². The van der Waals surface area contributed by atoms with Crippen molar-refractivity contribution in [2.75, 3.05) is 16.8 Å². The number of fused-ring (bicyclic) bond motifs is 2. The van der Waals surface area contributed by atoms with Crippen molar-refractivity contribution in [2.45, 2.75) is 13.3 Å². The summed E-state index contributed by atoms with van der Waals surface area (Å²) in [6, 6.07) is 13.8. The quantitative estimate of drug-likeness (QED) is 0.572. The zero-order valence-corrected chi connectivity index (χ0v) is 14.0. The predicted molar refractivity (Wildman–Crippen MR) is 97.1 cm³/mol. The lowest BCUT2D eigenvalue weighted by atomic mass is 10.1. The Morgan fingerprint density at radius 1 is 1.33 bits per heavy atom. The van der Waals surface area contributed by atoms with Gasteiger partial charge in [-0.3, -0.25) is 9.69 Å². The van der Waals surface area contributed by atoms with Gasteiger partial charge in [0.1, 0.15) is 0 Å². The van der Waals surface area contributed by atoms with Gasteiger partial charge in [-0.1, -0.05) is 12.1 Å². The summed E-state index contributed by atoms with van der Waals surface area (Å²) in [6.07, 6.45) is 3.62. The number of rotatable bonds is 2. The van der Waals surface area contributed by atoms with E-state index >= 15 is 0 Å². The van der Waals surface area contributed by atoms with Gasteiger partial charge < -0.3 is 5.32 Å². The summed E-state index contributed by atoms with van der Waals surface area (Å²) in [7, 11) is 0. The maximum absolute atomic E-state index is 10.2. The number of carbonyl (C=O) groups is 1. The van der Waals surface area contributed by atoms with Gasteiger partial charge in [-0.25, -0.2) is 4.98 Å². The van der Waals surface area contributed by atoms with Gasteiger partial charge >= 0.3 is 0 Å². The number of aryl methyl sites for hydroxylation is 1. The lowest BCUT2D eigenvalue weighted by molar-refractivity contribution is -0.105. The van der Waals surface area contributed by atoms with E-state index in [9.17, 15) is 4.79 Å². The van der Waals surface area contributed by atoms with Crippen molar-refractivity contribution in [1.29, 1.82) is 5.26 Å². The van der Waals surface area contributed by atoms with Crippen LogP contribution in [-0.4, -0.2) is 17.9 Å². The number of hydrogen-bond donors (Lipinski definition) is 1. The maximum atomic E-state index is 10.2. The second kappa shape index (κ2) is 7.11. The summed E-state index contributed by atoms with van der Waals surface area (Å²) < 4.78 is 1.28. The van der Waals surface area contributed by atoms with Gasteiger partial charge in [0.05, 0.1) is 20.9 Å². The average molecular weight is 336 g/mol. The second-order valence-electron chi connectivity index (χ2n) is 5.31. The molecule has 1 aliphatic rings. The lowest BCUT2D eigenvalue weighted by Gasteiger charge is -2.08. The van der Waals surface area contributed by atoms with E-state index in [1.807, 2.05) is 37.3 Å². The normalized spacial score (nSPS) is 12.1. The molecule has 0 saturated heterocycles. The van der Waals surface area contributed by atoms with Crippen LogP contribution in [0.1, 0.15) is 10.6 Å². The van der Waals surface area contributed by atoms with E-state index in [2.05, 4.69) is 22.6 Å². The number of nitrogens with zero attached hydrogens (tertiary/aromatic N) is 3. The van der Waals surface area contributed by atoms with E-state index in [1.165, 1.54) is 4.70 Å². The standard InChI is InChI=1S/C10H9N3O.C8H7NS/c11-6-13-4-3-8-5-9(12-7-14)1-2-10(8)13;1-6-9-7-4-2-3-5-8(7)10-6/h1-2,5,7H,3-4H2,(H,12,14);2-5H,1H3. The molecule has 4 rings (SSSR count). The van der Waals surface area contributed by atoms with Gasteiger partial charge in [0.2, 0.25) is 6.41 Å². The van der Waals surface area contributed by atoms with Crippen molar-refractivity contribution in [3.63, 3.8) is 0 Å². The van der Waals surface area contributed by atoms with Crippen LogP contribution >= 0.6 is 11.3 Å². The van der Waals surface area contributed by atoms with Gasteiger partial charge in [-0.15, -0.1) is 11.3 Å².